The third-order valence-electron chi connectivity index (χ3n) is 3.04. The van der Waals surface area contributed by atoms with Gasteiger partial charge in [-0.25, -0.2) is 13.2 Å². The van der Waals surface area contributed by atoms with Crippen LogP contribution in [-0.4, -0.2) is 18.1 Å². The Hall–Kier alpha value is -1.28. The average molecular weight is 311 g/mol. The second kappa shape index (κ2) is 6.01. The normalized spacial score (nSPS) is 16.2. The maximum absolute atomic E-state index is 13.4. The quantitative estimate of drug-likeness (QED) is 0.392. The van der Waals surface area contributed by atoms with Gasteiger partial charge in [-0.05, 0) is 38.1 Å². The summed E-state index contributed by atoms with van der Waals surface area (Å²) in [5.74, 6) is -12.0. The van der Waals surface area contributed by atoms with Crippen molar-refractivity contribution in [3.63, 3.8) is 0 Å². The van der Waals surface area contributed by atoms with Crippen molar-refractivity contribution in [1.29, 1.82) is 0 Å². The lowest BCUT2D eigenvalue weighted by atomic mass is 9.99. The van der Waals surface area contributed by atoms with Crippen LogP contribution in [0, 0.1) is 35.0 Å². The predicted octanol–water partition coefficient (Wildman–Crippen LogP) is 3.09. The molecule has 2 nitrogen and oxygen atoms in total. The van der Waals surface area contributed by atoms with E-state index >= 15 is 0 Å². The van der Waals surface area contributed by atoms with Gasteiger partial charge in [0.2, 0.25) is 34.8 Å². The molecule has 1 saturated heterocycles. The monoisotopic (exact) mass is 311 g/mol. The Balaban J connectivity index is 2.27. The molecule has 1 aliphatic heterocycles. The summed E-state index contributed by atoms with van der Waals surface area (Å²) in [6.45, 7) is 1.29. The smallest absolute Gasteiger partial charge is 0.207 e. The van der Waals surface area contributed by atoms with Gasteiger partial charge in [-0.1, -0.05) is 0 Å². The van der Waals surface area contributed by atoms with Crippen LogP contribution in [0.1, 0.15) is 12.8 Å². The number of ether oxygens (including phenoxy) is 1. The summed E-state index contributed by atoms with van der Waals surface area (Å²) >= 11 is 4.87. The number of thiocarbonyl (C=S) groups is 1. The van der Waals surface area contributed by atoms with Crippen LogP contribution in [0.3, 0.4) is 0 Å². The molecule has 1 heterocycles. The molecule has 2 rings (SSSR count). The number of piperidine rings is 1. The molecule has 0 bridgehead atoms. The standard InChI is InChI=1S/C12H10F5NOS/c13-6-7(14)9(16)11(10(17)8(6)15)19-12(20)5-1-3-18-4-2-5/h5,18H,1-4H2. The first kappa shape index (κ1) is 15.1. The first-order valence-corrected chi connectivity index (χ1v) is 6.28. The molecule has 8 heteroatoms. The summed E-state index contributed by atoms with van der Waals surface area (Å²) in [6.07, 6.45) is 1.16. The summed E-state index contributed by atoms with van der Waals surface area (Å²) in [5.41, 5.74) is 0. The Morgan fingerprint density at radius 1 is 0.900 bits per heavy atom. The fraction of sp³-hybridized carbons (Fsp3) is 0.417. The zero-order valence-corrected chi connectivity index (χ0v) is 10.9. The van der Waals surface area contributed by atoms with Gasteiger partial charge in [-0.2, -0.15) is 8.78 Å². The van der Waals surface area contributed by atoms with Crippen molar-refractivity contribution in [2.24, 2.45) is 5.92 Å². The van der Waals surface area contributed by atoms with Gasteiger partial charge in [-0.15, -0.1) is 0 Å². The van der Waals surface area contributed by atoms with Crippen molar-refractivity contribution >= 4 is 17.3 Å². The van der Waals surface area contributed by atoms with E-state index in [1.54, 1.807) is 0 Å². The van der Waals surface area contributed by atoms with Gasteiger partial charge in [0, 0.05) is 5.92 Å². The van der Waals surface area contributed by atoms with Crippen molar-refractivity contribution in [3.8, 4) is 5.75 Å². The molecule has 0 aliphatic carbocycles. The van der Waals surface area contributed by atoms with E-state index in [1.807, 2.05) is 0 Å². The maximum atomic E-state index is 13.4. The summed E-state index contributed by atoms with van der Waals surface area (Å²) in [5, 5.41) is 2.88. The first-order valence-electron chi connectivity index (χ1n) is 5.87. The molecule has 0 amide bonds. The molecule has 0 atom stereocenters. The predicted molar refractivity (Wildman–Crippen MR) is 65.1 cm³/mol. The van der Waals surface area contributed by atoms with Crippen molar-refractivity contribution < 1.29 is 26.7 Å². The van der Waals surface area contributed by atoms with Gasteiger partial charge in [0.05, 0.1) is 0 Å². The Labute approximate surface area is 116 Å². The number of hydrogen-bond donors (Lipinski definition) is 1. The van der Waals surface area contributed by atoms with Crippen LogP contribution in [0.2, 0.25) is 0 Å². The number of nitrogens with one attached hydrogen (secondary N) is 1. The largest absolute Gasteiger partial charge is 0.444 e. The van der Waals surface area contributed by atoms with E-state index in [0.717, 1.165) is 0 Å². The molecule has 0 aromatic heterocycles. The van der Waals surface area contributed by atoms with Crippen LogP contribution in [0.15, 0.2) is 0 Å². The third kappa shape index (κ3) is 2.76. The fourth-order valence-corrected chi connectivity index (χ4v) is 2.23. The number of halogens is 5. The van der Waals surface area contributed by atoms with Gasteiger partial charge in [0.25, 0.3) is 0 Å². The Morgan fingerprint density at radius 2 is 1.35 bits per heavy atom. The summed E-state index contributed by atoms with van der Waals surface area (Å²) in [7, 11) is 0. The summed E-state index contributed by atoms with van der Waals surface area (Å²) in [6, 6.07) is 0. The molecular formula is C12H10F5NOS. The number of benzene rings is 1. The molecule has 20 heavy (non-hydrogen) atoms. The van der Waals surface area contributed by atoms with Crippen molar-refractivity contribution in [3.05, 3.63) is 29.1 Å². The van der Waals surface area contributed by atoms with Crippen molar-refractivity contribution in [1.82, 2.24) is 5.32 Å². The van der Waals surface area contributed by atoms with E-state index in [4.69, 9.17) is 17.0 Å². The molecule has 0 spiro atoms. The molecule has 1 fully saturated rings. The van der Waals surface area contributed by atoms with Crippen LogP contribution in [0.25, 0.3) is 0 Å². The molecule has 0 unspecified atom stereocenters. The molecule has 1 aromatic carbocycles. The minimum Gasteiger partial charge on any atom is -0.444 e. The highest BCUT2D eigenvalue weighted by Crippen LogP contribution is 2.30. The molecule has 0 radical (unpaired) electrons. The lowest BCUT2D eigenvalue weighted by molar-refractivity contribution is 0.334. The van der Waals surface area contributed by atoms with Crippen LogP contribution >= 0.6 is 12.2 Å². The Morgan fingerprint density at radius 3 is 1.85 bits per heavy atom. The summed E-state index contributed by atoms with van der Waals surface area (Å²) < 4.78 is 70.4. The SMILES string of the molecule is Fc1c(F)c(F)c(OC(=S)C2CCNCC2)c(F)c1F. The highest BCUT2D eigenvalue weighted by molar-refractivity contribution is 7.80. The topological polar surface area (TPSA) is 21.3 Å². The van der Waals surface area contributed by atoms with Crippen LogP contribution in [0.5, 0.6) is 5.75 Å². The van der Waals surface area contributed by atoms with Crippen LogP contribution < -0.4 is 10.1 Å². The second-order valence-electron chi connectivity index (χ2n) is 4.34. The van der Waals surface area contributed by atoms with Gasteiger partial charge < -0.3 is 10.1 Å². The maximum Gasteiger partial charge on any atom is 0.207 e. The highest BCUT2D eigenvalue weighted by Gasteiger charge is 2.29. The Bertz CT molecular complexity index is 516. The van der Waals surface area contributed by atoms with Crippen molar-refractivity contribution in [2.45, 2.75) is 12.8 Å². The third-order valence-corrected chi connectivity index (χ3v) is 3.46. The second-order valence-corrected chi connectivity index (χ2v) is 4.75. The summed E-state index contributed by atoms with van der Waals surface area (Å²) in [4.78, 5) is 0. The molecule has 1 aliphatic rings. The van der Waals surface area contributed by atoms with E-state index in [2.05, 4.69) is 5.32 Å². The number of hydrogen-bond acceptors (Lipinski definition) is 3. The van der Waals surface area contributed by atoms with Crippen molar-refractivity contribution in [2.75, 3.05) is 13.1 Å². The van der Waals surface area contributed by atoms with E-state index in [1.165, 1.54) is 0 Å². The van der Waals surface area contributed by atoms with Gasteiger partial charge in [-0.3, -0.25) is 0 Å². The molecule has 0 saturated carbocycles. The Kier molecular flexibility index (Phi) is 4.54. The minimum atomic E-state index is -2.22. The van der Waals surface area contributed by atoms with E-state index in [9.17, 15) is 22.0 Å². The lowest BCUT2D eigenvalue weighted by Gasteiger charge is -2.23. The number of rotatable bonds is 2. The zero-order valence-electron chi connectivity index (χ0n) is 10.1. The molecule has 1 N–H and O–H groups in total. The molecule has 110 valence electrons. The van der Waals surface area contributed by atoms with Crippen LogP contribution in [-0.2, 0) is 0 Å². The lowest BCUT2D eigenvalue weighted by Crippen LogP contribution is -2.33. The molecule has 1 aromatic rings. The van der Waals surface area contributed by atoms with Gasteiger partial charge in [0.1, 0.15) is 0 Å². The first-order chi connectivity index (χ1) is 9.43. The van der Waals surface area contributed by atoms with E-state index < -0.39 is 34.8 Å². The van der Waals surface area contributed by atoms with E-state index in [-0.39, 0.29) is 11.0 Å². The van der Waals surface area contributed by atoms with Gasteiger partial charge >= 0.3 is 0 Å². The van der Waals surface area contributed by atoms with E-state index in [0.29, 0.717) is 25.9 Å². The fourth-order valence-electron chi connectivity index (χ4n) is 1.92. The average Bonchev–Trinajstić information content (AvgIpc) is 2.48. The zero-order chi connectivity index (χ0) is 14.9. The molecular weight excluding hydrogens is 301 g/mol. The minimum absolute atomic E-state index is 0.172. The van der Waals surface area contributed by atoms with Crippen LogP contribution in [0.4, 0.5) is 22.0 Å². The van der Waals surface area contributed by atoms with Gasteiger partial charge in [0.15, 0.2) is 5.05 Å². The highest BCUT2D eigenvalue weighted by atomic mass is 32.1.